The Balaban J connectivity index is 0.00000121. The molecule has 0 unspecified atom stereocenters. The van der Waals surface area contributed by atoms with Crippen LogP contribution in [0.1, 0.15) is 66.2 Å². The van der Waals surface area contributed by atoms with Crippen molar-refractivity contribution < 1.29 is 4.79 Å². The number of amides is 1. The number of hydrogen-bond acceptors (Lipinski definition) is 1. The first-order valence-corrected chi connectivity index (χ1v) is 7.06. The van der Waals surface area contributed by atoms with Crippen LogP contribution in [0.5, 0.6) is 0 Å². The molecule has 2 nitrogen and oxygen atoms in total. The van der Waals surface area contributed by atoms with Crippen molar-refractivity contribution in [1.29, 1.82) is 0 Å². The van der Waals surface area contributed by atoms with E-state index in [2.05, 4.69) is 25.7 Å². The Morgan fingerprint density at radius 1 is 1.24 bits per heavy atom. The van der Waals surface area contributed by atoms with E-state index in [1.165, 1.54) is 18.4 Å². The first-order valence-electron chi connectivity index (χ1n) is 7.06. The number of carbonyl (C=O) groups excluding carboxylic acids is 1. The predicted octanol–water partition coefficient (Wildman–Crippen LogP) is 4.06. The summed E-state index contributed by atoms with van der Waals surface area (Å²) in [6.45, 7) is 12.2. The van der Waals surface area contributed by atoms with Crippen LogP contribution in [-0.4, -0.2) is 11.9 Å². The van der Waals surface area contributed by atoms with Crippen LogP contribution >= 0.6 is 0 Å². The highest BCUT2D eigenvalue weighted by Gasteiger charge is 2.16. The molecule has 0 aromatic heterocycles. The Morgan fingerprint density at radius 3 is 2.24 bits per heavy atom. The highest BCUT2D eigenvalue weighted by molar-refractivity contribution is 5.76. The summed E-state index contributed by atoms with van der Waals surface area (Å²) >= 11 is 0. The van der Waals surface area contributed by atoms with Crippen LogP contribution in [-0.2, 0) is 4.79 Å². The molecule has 0 heterocycles. The Hall–Kier alpha value is -0.790. The van der Waals surface area contributed by atoms with Gasteiger partial charge in [0, 0.05) is 12.5 Å². The zero-order valence-electron chi connectivity index (χ0n) is 12.0. The fourth-order valence-corrected chi connectivity index (χ4v) is 1.93. The monoisotopic (exact) mass is 239 g/mol. The van der Waals surface area contributed by atoms with Gasteiger partial charge in [-0.25, -0.2) is 0 Å². The lowest BCUT2D eigenvalue weighted by atomic mass is 10.0. The van der Waals surface area contributed by atoms with E-state index >= 15 is 0 Å². The Morgan fingerprint density at radius 2 is 1.76 bits per heavy atom. The van der Waals surface area contributed by atoms with E-state index in [4.69, 9.17) is 0 Å². The third-order valence-corrected chi connectivity index (χ3v) is 3.21. The van der Waals surface area contributed by atoms with E-state index in [0.717, 1.165) is 19.3 Å². The van der Waals surface area contributed by atoms with Gasteiger partial charge in [-0.3, -0.25) is 4.79 Å². The van der Waals surface area contributed by atoms with Crippen molar-refractivity contribution in [2.75, 3.05) is 0 Å². The largest absolute Gasteiger partial charge is 0.353 e. The molecular weight excluding hydrogens is 210 g/mol. The smallest absolute Gasteiger partial charge is 0.220 e. The van der Waals surface area contributed by atoms with E-state index < -0.39 is 0 Å². The summed E-state index contributed by atoms with van der Waals surface area (Å²) in [7, 11) is 0. The maximum atomic E-state index is 11.6. The predicted molar refractivity (Wildman–Crippen MR) is 75.0 cm³/mol. The number of hydrogen-bond donors (Lipinski definition) is 1. The van der Waals surface area contributed by atoms with E-state index in [-0.39, 0.29) is 5.91 Å². The first kappa shape index (κ1) is 16.2. The van der Waals surface area contributed by atoms with Gasteiger partial charge in [-0.15, -0.1) is 0 Å². The second-order valence-corrected chi connectivity index (χ2v) is 4.86. The Kier molecular flexibility index (Phi) is 8.83. The second-order valence-electron chi connectivity index (χ2n) is 4.86. The molecule has 0 aliphatic heterocycles. The lowest BCUT2D eigenvalue weighted by Gasteiger charge is -2.13. The average molecular weight is 239 g/mol. The van der Waals surface area contributed by atoms with Gasteiger partial charge in [-0.2, -0.15) is 0 Å². The molecule has 0 aromatic rings. The number of allylic oxidation sites excluding steroid dienone is 1. The molecule has 2 heteroatoms. The maximum Gasteiger partial charge on any atom is 0.220 e. The molecule has 0 aromatic carbocycles. The summed E-state index contributed by atoms with van der Waals surface area (Å²) in [5, 5.41) is 3.09. The van der Waals surface area contributed by atoms with Gasteiger partial charge < -0.3 is 5.32 Å². The van der Waals surface area contributed by atoms with Crippen molar-refractivity contribution in [3.05, 3.63) is 12.2 Å². The van der Waals surface area contributed by atoms with Crippen LogP contribution < -0.4 is 5.32 Å². The molecule has 1 amide bonds. The van der Waals surface area contributed by atoms with Crippen LogP contribution in [0.3, 0.4) is 0 Å². The lowest BCUT2D eigenvalue weighted by molar-refractivity contribution is -0.121. The summed E-state index contributed by atoms with van der Waals surface area (Å²) in [6.07, 6.45) is 6.30. The molecule has 1 aliphatic rings. The summed E-state index contributed by atoms with van der Waals surface area (Å²) in [4.78, 5) is 11.6. The lowest BCUT2D eigenvalue weighted by Crippen LogP contribution is -2.32. The van der Waals surface area contributed by atoms with Gasteiger partial charge in [0.25, 0.3) is 0 Å². The minimum atomic E-state index is 0.198. The molecule has 0 bridgehead atoms. The third kappa shape index (κ3) is 7.19. The normalized spacial score (nSPS) is 15.4. The van der Waals surface area contributed by atoms with Gasteiger partial charge in [-0.1, -0.05) is 52.7 Å². The van der Waals surface area contributed by atoms with Crippen molar-refractivity contribution in [3.8, 4) is 0 Å². The van der Waals surface area contributed by atoms with E-state index in [1.54, 1.807) is 0 Å². The summed E-state index contributed by atoms with van der Waals surface area (Å²) in [5.74, 6) is 0.688. The molecule has 0 saturated heterocycles. The molecule has 100 valence electrons. The third-order valence-electron chi connectivity index (χ3n) is 3.21. The van der Waals surface area contributed by atoms with Crippen molar-refractivity contribution in [1.82, 2.24) is 5.32 Å². The molecule has 1 N–H and O–H groups in total. The van der Waals surface area contributed by atoms with Crippen molar-refractivity contribution in [2.45, 2.75) is 72.3 Å². The number of nitrogens with one attached hydrogen (secondary N) is 1. The van der Waals surface area contributed by atoms with Gasteiger partial charge >= 0.3 is 0 Å². The van der Waals surface area contributed by atoms with E-state index in [0.29, 0.717) is 18.4 Å². The fraction of sp³-hybridized carbons (Fsp3) is 0.800. The first-order chi connectivity index (χ1) is 8.09. The summed E-state index contributed by atoms with van der Waals surface area (Å²) < 4.78 is 0. The molecule has 1 aliphatic carbocycles. The summed E-state index contributed by atoms with van der Waals surface area (Å²) in [5.41, 5.74) is 1.18. The standard InChI is InChI=1S/C13H23NO.C2H6/c1-10(2)11(3)8-9-13(15)14-12-6-4-5-7-12;1-2/h10,12H,3-9H2,1-2H3,(H,14,15);1-2H3. The highest BCUT2D eigenvalue weighted by Crippen LogP contribution is 2.18. The van der Waals surface area contributed by atoms with Crippen LogP contribution in [0, 0.1) is 5.92 Å². The Labute approximate surface area is 107 Å². The van der Waals surface area contributed by atoms with Crippen LogP contribution in [0.4, 0.5) is 0 Å². The molecule has 0 radical (unpaired) electrons. The quantitative estimate of drug-likeness (QED) is 0.720. The number of rotatable bonds is 5. The van der Waals surface area contributed by atoms with Crippen LogP contribution in [0.25, 0.3) is 0 Å². The van der Waals surface area contributed by atoms with Gasteiger partial charge in [0.05, 0.1) is 0 Å². The minimum absolute atomic E-state index is 0.198. The SMILES string of the molecule is C=C(CCC(=O)NC1CCCC1)C(C)C.CC. The van der Waals surface area contributed by atoms with Gasteiger partial charge in [0.1, 0.15) is 0 Å². The fourth-order valence-electron chi connectivity index (χ4n) is 1.93. The minimum Gasteiger partial charge on any atom is -0.353 e. The maximum absolute atomic E-state index is 11.6. The van der Waals surface area contributed by atoms with Gasteiger partial charge in [-0.05, 0) is 25.2 Å². The molecular formula is C15H29NO. The summed E-state index contributed by atoms with van der Waals surface area (Å²) in [6, 6.07) is 0.449. The van der Waals surface area contributed by atoms with E-state index in [9.17, 15) is 4.79 Å². The van der Waals surface area contributed by atoms with Crippen LogP contribution in [0.15, 0.2) is 12.2 Å². The molecule has 1 rings (SSSR count). The molecule has 17 heavy (non-hydrogen) atoms. The van der Waals surface area contributed by atoms with Crippen molar-refractivity contribution in [2.24, 2.45) is 5.92 Å². The van der Waals surface area contributed by atoms with Crippen molar-refractivity contribution in [3.63, 3.8) is 0 Å². The zero-order chi connectivity index (χ0) is 13.3. The molecule has 0 spiro atoms. The average Bonchev–Trinajstić information content (AvgIpc) is 2.81. The molecule has 1 fully saturated rings. The second kappa shape index (κ2) is 9.26. The Bertz CT molecular complexity index is 227. The number of carbonyl (C=O) groups is 1. The molecule has 1 saturated carbocycles. The highest BCUT2D eigenvalue weighted by atomic mass is 16.1. The van der Waals surface area contributed by atoms with Crippen molar-refractivity contribution >= 4 is 5.91 Å². The van der Waals surface area contributed by atoms with E-state index in [1.807, 2.05) is 13.8 Å². The van der Waals surface area contributed by atoms with Gasteiger partial charge in [0.2, 0.25) is 5.91 Å². The van der Waals surface area contributed by atoms with Gasteiger partial charge in [0.15, 0.2) is 0 Å². The topological polar surface area (TPSA) is 29.1 Å². The van der Waals surface area contributed by atoms with Crippen LogP contribution in [0.2, 0.25) is 0 Å². The zero-order valence-corrected chi connectivity index (χ0v) is 12.0. The molecule has 0 atom stereocenters.